The zero-order valence-corrected chi connectivity index (χ0v) is 18.9. The predicted molar refractivity (Wildman–Crippen MR) is 129 cm³/mol. The van der Waals surface area contributed by atoms with E-state index in [1.807, 2.05) is 84.9 Å². The average molecular weight is 466 g/mol. The van der Waals surface area contributed by atoms with E-state index in [1.54, 1.807) is 4.68 Å². The minimum absolute atomic E-state index is 0.102. The van der Waals surface area contributed by atoms with E-state index in [-0.39, 0.29) is 11.7 Å². The topological polar surface area (TPSA) is 56.2 Å². The number of nitrogens with one attached hydrogen (secondary N) is 1. The van der Waals surface area contributed by atoms with Crippen LogP contribution >= 0.6 is 35.3 Å². The van der Waals surface area contributed by atoms with Gasteiger partial charge in [-0.25, -0.2) is 4.68 Å². The Hall–Kier alpha value is -2.94. The fourth-order valence-corrected chi connectivity index (χ4v) is 4.91. The van der Waals surface area contributed by atoms with Gasteiger partial charge in [0, 0.05) is 5.69 Å². The minimum Gasteiger partial charge on any atom is -0.489 e. The molecule has 0 aliphatic rings. The maximum absolute atomic E-state index is 12.3. The number of thioether (sulfide) groups is 1. The Balaban J connectivity index is 1.28. The third-order valence-electron chi connectivity index (χ3n) is 4.24. The first-order valence-corrected chi connectivity index (χ1v) is 11.7. The van der Waals surface area contributed by atoms with Crippen molar-refractivity contribution in [2.75, 3.05) is 11.1 Å². The molecule has 0 spiro atoms. The summed E-state index contributed by atoms with van der Waals surface area (Å²) in [6.07, 6.45) is 0. The maximum atomic E-state index is 12.3. The Labute approximate surface area is 193 Å². The second kappa shape index (κ2) is 10.4. The van der Waals surface area contributed by atoms with Gasteiger partial charge < -0.3 is 10.1 Å². The zero-order chi connectivity index (χ0) is 21.5. The van der Waals surface area contributed by atoms with E-state index in [4.69, 9.17) is 17.0 Å². The molecule has 0 aliphatic carbocycles. The van der Waals surface area contributed by atoms with Crippen LogP contribution in [0, 0.1) is 3.95 Å². The van der Waals surface area contributed by atoms with Crippen LogP contribution in [0.4, 0.5) is 5.69 Å². The zero-order valence-electron chi connectivity index (χ0n) is 16.4. The molecule has 0 aliphatic heterocycles. The molecule has 4 aromatic rings. The number of benzene rings is 3. The van der Waals surface area contributed by atoms with Gasteiger partial charge in [0.25, 0.3) is 0 Å². The molecule has 0 unspecified atom stereocenters. The molecular formula is C23H19N3O2S3. The van der Waals surface area contributed by atoms with Gasteiger partial charge in [0.05, 0.1) is 11.4 Å². The number of para-hydroxylation sites is 1. The minimum atomic E-state index is -0.102. The summed E-state index contributed by atoms with van der Waals surface area (Å²) in [6.45, 7) is 0.505. The molecule has 4 rings (SSSR count). The summed E-state index contributed by atoms with van der Waals surface area (Å²) in [5, 5.41) is 7.41. The molecule has 31 heavy (non-hydrogen) atoms. The summed E-state index contributed by atoms with van der Waals surface area (Å²) in [4.78, 5) is 12.3. The van der Waals surface area contributed by atoms with E-state index in [0.717, 1.165) is 27.0 Å². The summed E-state index contributed by atoms with van der Waals surface area (Å²) in [6, 6.07) is 27.1. The first-order valence-electron chi connectivity index (χ1n) is 9.52. The van der Waals surface area contributed by atoms with Crippen molar-refractivity contribution < 1.29 is 9.53 Å². The van der Waals surface area contributed by atoms with Crippen LogP contribution in [-0.4, -0.2) is 21.4 Å². The van der Waals surface area contributed by atoms with Crippen LogP contribution in [0.2, 0.25) is 0 Å². The van der Waals surface area contributed by atoms with Gasteiger partial charge in [0.15, 0.2) is 8.29 Å². The highest BCUT2D eigenvalue weighted by Gasteiger charge is 2.09. The van der Waals surface area contributed by atoms with E-state index >= 15 is 0 Å². The number of hydrogen-bond donors (Lipinski definition) is 1. The van der Waals surface area contributed by atoms with Crippen molar-refractivity contribution in [1.82, 2.24) is 9.78 Å². The lowest BCUT2D eigenvalue weighted by Crippen LogP contribution is -2.13. The lowest BCUT2D eigenvalue weighted by Gasteiger charge is -2.08. The van der Waals surface area contributed by atoms with Gasteiger partial charge in [-0.05, 0) is 54.2 Å². The number of hydrogen-bond acceptors (Lipinski definition) is 6. The highest BCUT2D eigenvalue weighted by molar-refractivity contribution is 8.01. The number of rotatable bonds is 8. The average Bonchev–Trinajstić information content (AvgIpc) is 3.19. The van der Waals surface area contributed by atoms with E-state index < -0.39 is 0 Å². The monoisotopic (exact) mass is 465 g/mol. The fourth-order valence-electron chi connectivity index (χ4n) is 2.75. The molecule has 156 valence electrons. The van der Waals surface area contributed by atoms with Crippen molar-refractivity contribution in [3.63, 3.8) is 0 Å². The summed E-state index contributed by atoms with van der Waals surface area (Å²) >= 11 is 8.16. The molecule has 1 heterocycles. The highest BCUT2D eigenvalue weighted by Crippen LogP contribution is 2.24. The lowest BCUT2D eigenvalue weighted by atomic mass is 10.2. The number of aromatic nitrogens is 2. The van der Waals surface area contributed by atoms with E-state index in [9.17, 15) is 4.79 Å². The smallest absolute Gasteiger partial charge is 0.234 e. The Kier molecular flexibility index (Phi) is 7.14. The quantitative estimate of drug-likeness (QED) is 0.256. The molecule has 0 atom stereocenters. The number of nitrogens with zero attached hydrogens (tertiary/aromatic N) is 2. The van der Waals surface area contributed by atoms with E-state index in [0.29, 0.717) is 10.6 Å². The molecule has 0 saturated heterocycles. The molecular weight excluding hydrogens is 446 g/mol. The molecule has 1 amide bonds. The van der Waals surface area contributed by atoms with Gasteiger partial charge in [-0.3, -0.25) is 4.79 Å². The van der Waals surface area contributed by atoms with Crippen molar-refractivity contribution in [3.05, 3.63) is 94.4 Å². The van der Waals surface area contributed by atoms with Crippen LogP contribution in [0.1, 0.15) is 5.56 Å². The first-order chi connectivity index (χ1) is 15.2. The van der Waals surface area contributed by atoms with Gasteiger partial charge in [-0.2, -0.15) is 0 Å². The summed E-state index contributed by atoms with van der Waals surface area (Å²) in [5.74, 6) is 0.904. The molecule has 0 saturated carbocycles. The molecule has 1 N–H and O–H groups in total. The van der Waals surface area contributed by atoms with Crippen LogP contribution in [-0.2, 0) is 11.4 Å². The van der Waals surface area contributed by atoms with Gasteiger partial charge >= 0.3 is 0 Å². The number of amides is 1. The van der Waals surface area contributed by atoms with Crippen molar-refractivity contribution >= 4 is 46.9 Å². The van der Waals surface area contributed by atoms with Crippen molar-refractivity contribution in [1.29, 1.82) is 0 Å². The second-order valence-electron chi connectivity index (χ2n) is 6.52. The van der Waals surface area contributed by atoms with E-state index in [2.05, 4.69) is 10.4 Å². The van der Waals surface area contributed by atoms with Gasteiger partial charge in [0.2, 0.25) is 5.91 Å². The molecule has 0 radical (unpaired) electrons. The first kappa shape index (κ1) is 21.3. The van der Waals surface area contributed by atoms with Crippen molar-refractivity contribution in [2.24, 2.45) is 0 Å². The molecule has 3 aromatic carbocycles. The van der Waals surface area contributed by atoms with E-state index in [1.165, 1.54) is 23.1 Å². The van der Waals surface area contributed by atoms with Crippen molar-refractivity contribution in [3.8, 4) is 11.4 Å². The SMILES string of the molecule is O=C(CSc1nn(-c2ccccc2)c(=S)s1)Nc1ccc(OCc2ccccc2)cc1. The van der Waals surface area contributed by atoms with Crippen molar-refractivity contribution in [2.45, 2.75) is 10.9 Å². The summed E-state index contributed by atoms with van der Waals surface area (Å²) < 4.78 is 8.90. The summed E-state index contributed by atoms with van der Waals surface area (Å²) in [7, 11) is 0. The fraction of sp³-hybridized carbons (Fsp3) is 0.0870. The largest absolute Gasteiger partial charge is 0.489 e. The standard InChI is InChI=1S/C23H19N3O2S3/c27-21(16-30-22-25-26(23(29)31-22)19-9-5-2-6-10-19)24-18-11-13-20(14-12-18)28-15-17-7-3-1-4-8-17/h1-14H,15-16H2,(H,24,27). The second-order valence-corrected chi connectivity index (χ2v) is 9.36. The number of carbonyl (C=O) groups is 1. The summed E-state index contributed by atoms with van der Waals surface area (Å²) in [5.41, 5.74) is 2.74. The predicted octanol–water partition coefficient (Wildman–Crippen LogP) is 5.97. The van der Waals surface area contributed by atoms with Gasteiger partial charge in [-0.1, -0.05) is 71.6 Å². The molecule has 0 fully saturated rings. The number of carbonyl (C=O) groups excluding carboxylic acids is 1. The van der Waals surface area contributed by atoms with Gasteiger partial charge in [-0.15, -0.1) is 5.10 Å². The van der Waals surface area contributed by atoms with Crippen LogP contribution < -0.4 is 10.1 Å². The Bertz CT molecular complexity index is 1190. The maximum Gasteiger partial charge on any atom is 0.234 e. The Morgan fingerprint density at radius 2 is 1.68 bits per heavy atom. The normalized spacial score (nSPS) is 10.6. The Morgan fingerprint density at radius 1 is 1.00 bits per heavy atom. The molecule has 0 bridgehead atoms. The molecule has 5 nitrogen and oxygen atoms in total. The van der Waals surface area contributed by atoms with Crippen LogP contribution in [0.5, 0.6) is 5.75 Å². The van der Waals surface area contributed by atoms with Crippen LogP contribution in [0.15, 0.2) is 89.3 Å². The Morgan fingerprint density at radius 3 is 2.39 bits per heavy atom. The molecule has 1 aromatic heterocycles. The lowest BCUT2D eigenvalue weighted by molar-refractivity contribution is -0.113. The third-order valence-corrected chi connectivity index (χ3v) is 6.61. The number of anilines is 1. The highest BCUT2D eigenvalue weighted by atomic mass is 32.2. The number of ether oxygens (including phenoxy) is 1. The third kappa shape index (κ3) is 6.04. The van der Waals surface area contributed by atoms with Gasteiger partial charge in [0.1, 0.15) is 12.4 Å². The van der Waals surface area contributed by atoms with Crippen LogP contribution in [0.3, 0.4) is 0 Å². The van der Waals surface area contributed by atoms with Crippen LogP contribution in [0.25, 0.3) is 5.69 Å². The molecule has 8 heteroatoms.